The largest absolute Gasteiger partial charge is 0.329 e. The smallest absolute Gasteiger partial charge is 0.142 e. The lowest BCUT2D eigenvalue weighted by molar-refractivity contribution is 0.211. The Hall–Kier alpha value is -0.680. The molecule has 1 fully saturated rings. The number of hydrogen-bond donors (Lipinski definition) is 1. The number of halogens is 2. The van der Waals surface area contributed by atoms with Gasteiger partial charge in [-0.3, -0.25) is 4.90 Å². The van der Waals surface area contributed by atoms with Crippen LogP contribution in [0, 0.1) is 11.7 Å². The molecule has 0 bridgehead atoms. The van der Waals surface area contributed by atoms with Crippen LogP contribution in [-0.2, 0) is 0 Å². The highest BCUT2D eigenvalue weighted by Crippen LogP contribution is 2.25. The van der Waals surface area contributed by atoms with Crippen molar-refractivity contribution in [2.45, 2.75) is 12.5 Å². The predicted molar refractivity (Wildman–Crippen MR) is 81.4 cm³/mol. The molecular weight excluding hydrogens is 277 g/mol. The molecule has 2 atom stereocenters. The first-order valence-corrected chi connectivity index (χ1v) is 7.43. The fraction of sp³-hybridized carbons (Fsp3) is 0.600. The van der Waals surface area contributed by atoms with E-state index in [1.165, 1.54) is 12.5 Å². The van der Waals surface area contributed by atoms with E-state index in [4.69, 9.17) is 17.3 Å². The van der Waals surface area contributed by atoms with Gasteiger partial charge >= 0.3 is 0 Å². The summed E-state index contributed by atoms with van der Waals surface area (Å²) in [6.07, 6.45) is 1.22. The molecule has 1 aliphatic rings. The molecule has 0 aliphatic carbocycles. The van der Waals surface area contributed by atoms with E-state index in [1.807, 2.05) is 6.07 Å². The Balaban J connectivity index is 2.04. The van der Waals surface area contributed by atoms with Gasteiger partial charge in [-0.1, -0.05) is 17.7 Å². The molecule has 20 heavy (non-hydrogen) atoms. The summed E-state index contributed by atoms with van der Waals surface area (Å²) in [5, 5.41) is 0.157. The van der Waals surface area contributed by atoms with Crippen LogP contribution in [0.15, 0.2) is 18.2 Å². The van der Waals surface area contributed by atoms with Crippen molar-refractivity contribution in [3.8, 4) is 0 Å². The molecule has 1 heterocycles. The van der Waals surface area contributed by atoms with Crippen molar-refractivity contribution < 1.29 is 4.39 Å². The summed E-state index contributed by atoms with van der Waals surface area (Å²) < 4.78 is 13.6. The second kappa shape index (κ2) is 6.85. The van der Waals surface area contributed by atoms with Gasteiger partial charge in [0.15, 0.2) is 0 Å². The minimum atomic E-state index is -0.378. The van der Waals surface area contributed by atoms with Gasteiger partial charge in [0.05, 0.1) is 5.02 Å². The highest BCUT2D eigenvalue weighted by atomic mass is 35.5. The van der Waals surface area contributed by atoms with Crippen LogP contribution in [0.5, 0.6) is 0 Å². The molecule has 0 saturated carbocycles. The number of hydrogen-bond acceptors (Lipinski definition) is 3. The Kier molecular flexibility index (Phi) is 5.38. The maximum Gasteiger partial charge on any atom is 0.142 e. The second-order valence-electron chi connectivity index (χ2n) is 5.78. The molecule has 0 amide bonds. The van der Waals surface area contributed by atoms with E-state index in [9.17, 15) is 4.39 Å². The van der Waals surface area contributed by atoms with Crippen molar-refractivity contribution in [3.63, 3.8) is 0 Å². The van der Waals surface area contributed by atoms with Gasteiger partial charge in [0.2, 0.25) is 0 Å². The molecule has 1 saturated heterocycles. The molecule has 5 heteroatoms. The lowest BCUT2D eigenvalue weighted by Crippen LogP contribution is -2.35. The third kappa shape index (κ3) is 3.70. The average Bonchev–Trinajstić information content (AvgIpc) is 2.80. The third-order valence-electron chi connectivity index (χ3n) is 4.12. The maximum atomic E-state index is 13.6. The Morgan fingerprint density at radius 2 is 2.30 bits per heavy atom. The number of likely N-dealkylation sites (tertiary alicyclic amines) is 1. The highest BCUT2D eigenvalue weighted by Gasteiger charge is 2.24. The van der Waals surface area contributed by atoms with Crippen LogP contribution in [0.4, 0.5) is 4.39 Å². The first kappa shape index (κ1) is 15.7. The summed E-state index contributed by atoms with van der Waals surface area (Å²) in [5.41, 5.74) is 6.78. The number of benzene rings is 1. The average molecular weight is 300 g/mol. The Labute approximate surface area is 125 Å². The van der Waals surface area contributed by atoms with Crippen LogP contribution in [0.3, 0.4) is 0 Å². The van der Waals surface area contributed by atoms with Gasteiger partial charge in [0, 0.05) is 25.7 Å². The molecule has 112 valence electrons. The Morgan fingerprint density at radius 1 is 1.55 bits per heavy atom. The lowest BCUT2D eigenvalue weighted by atomic mass is 10.0. The van der Waals surface area contributed by atoms with Gasteiger partial charge in [0.1, 0.15) is 5.82 Å². The quantitative estimate of drug-likeness (QED) is 0.906. The summed E-state index contributed by atoms with van der Waals surface area (Å²) in [5.74, 6) is 0.285. The summed E-state index contributed by atoms with van der Waals surface area (Å²) in [6, 6.07) is 5.00. The molecule has 1 aromatic rings. The van der Waals surface area contributed by atoms with Gasteiger partial charge < -0.3 is 10.6 Å². The van der Waals surface area contributed by atoms with Crippen molar-refractivity contribution >= 4 is 11.6 Å². The molecule has 2 rings (SSSR count). The fourth-order valence-electron chi connectivity index (χ4n) is 3.00. The molecular formula is C15H23ClFN3. The highest BCUT2D eigenvalue weighted by molar-refractivity contribution is 6.30. The summed E-state index contributed by atoms with van der Waals surface area (Å²) in [4.78, 5) is 4.57. The Bertz CT molecular complexity index is 455. The van der Waals surface area contributed by atoms with Crippen LogP contribution in [0.25, 0.3) is 0 Å². The first-order valence-electron chi connectivity index (χ1n) is 7.05. The van der Waals surface area contributed by atoms with E-state index in [0.29, 0.717) is 12.5 Å². The van der Waals surface area contributed by atoms with Gasteiger partial charge in [0.25, 0.3) is 0 Å². The van der Waals surface area contributed by atoms with Gasteiger partial charge in [-0.25, -0.2) is 4.39 Å². The second-order valence-corrected chi connectivity index (χ2v) is 6.19. The van der Waals surface area contributed by atoms with Gasteiger partial charge in [-0.15, -0.1) is 0 Å². The van der Waals surface area contributed by atoms with Gasteiger partial charge in [-0.05, 0) is 50.7 Å². The maximum absolute atomic E-state index is 13.6. The fourth-order valence-corrected chi connectivity index (χ4v) is 3.12. The van der Waals surface area contributed by atoms with Crippen molar-refractivity contribution in [1.82, 2.24) is 9.80 Å². The van der Waals surface area contributed by atoms with E-state index < -0.39 is 0 Å². The third-order valence-corrected chi connectivity index (χ3v) is 4.43. The molecule has 0 radical (unpaired) electrons. The summed E-state index contributed by atoms with van der Waals surface area (Å²) >= 11 is 5.74. The molecule has 1 aliphatic heterocycles. The SMILES string of the molecule is CN1CCC(CN(C)C(CN)c2ccc(Cl)c(F)c2)C1. The van der Waals surface area contributed by atoms with E-state index in [2.05, 4.69) is 23.9 Å². The standard InChI is InChI=1S/C15H23ClFN3/c1-19-6-5-11(9-19)10-20(2)15(8-18)12-3-4-13(16)14(17)7-12/h3-4,7,11,15H,5-6,8-10,18H2,1-2H3. The molecule has 3 nitrogen and oxygen atoms in total. The van der Waals surface area contributed by atoms with E-state index in [0.717, 1.165) is 25.2 Å². The van der Waals surface area contributed by atoms with Crippen molar-refractivity contribution in [2.24, 2.45) is 11.7 Å². The van der Waals surface area contributed by atoms with Crippen LogP contribution in [0.2, 0.25) is 5.02 Å². The summed E-state index contributed by atoms with van der Waals surface area (Å²) in [7, 11) is 4.21. The van der Waals surface area contributed by atoms with Crippen LogP contribution in [-0.4, -0.2) is 50.1 Å². The normalized spacial score (nSPS) is 21.6. The van der Waals surface area contributed by atoms with E-state index in [1.54, 1.807) is 6.07 Å². The zero-order valence-electron chi connectivity index (χ0n) is 12.1. The molecule has 1 aromatic carbocycles. The van der Waals surface area contributed by atoms with Gasteiger partial charge in [-0.2, -0.15) is 0 Å². The van der Waals surface area contributed by atoms with Crippen molar-refractivity contribution in [2.75, 3.05) is 40.3 Å². The first-order chi connectivity index (χ1) is 9.51. The zero-order chi connectivity index (χ0) is 14.7. The number of nitrogens with two attached hydrogens (primary N) is 1. The van der Waals surface area contributed by atoms with Crippen LogP contribution >= 0.6 is 11.6 Å². The Morgan fingerprint density at radius 3 is 2.85 bits per heavy atom. The van der Waals surface area contributed by atoms with E-state index >= 15 is 0 Å². The topological polar surface area (TPSA) is 32.5 Å². The van der Waals surface area contributed by atoms with Crippen molar-refractivity contribution in [3.05, 3.63) is 34.6 Å². The van der Waals surface area contributed by atoms with Crippen molar-refractivity contribution in [1.29, 1.82) is 0 Å². The molecule has 2 unspecified atom stereocenters. The van der Waals surface area contributed by atoms with Crippen LogP contribution < -0.4 is 5.73 Å². The zero-order valence-corrected chi connectivity index (χ0v) is 12.9. The number of likely N-dealkylation sites (N-methyl/N-ethyl adjacent to an activating group) is 1. The minimum Gasteiger partial charge on any atom is -0.329 e. The van der Waals surface area contributed by atoms with Crippen LogP contribution in [0.1, 0.15) is 18.0 Å². The predicted octanol–water partition coefficient (Wildman–Crippen LogP) is 2.36. The number of nitrogens with zero attached hydrogens (tertiary/aromatic N) is 2. The lowest BCUT2D eigenvalue weighted by Gasteiger charge is -2.29. The number of rotatable bonds is 5. The minimum absolute atomic E-state index is 0.0349. The molecule has 0 spiro atoms. The summed E-state index contributed by atoms with van der Waals surface area (Å²) in [6.45, 7) is 3.73. The molecule has 0 aromatic heterocycles. The molecule has 2 N–H and O–H groups in total. The van der Waals surface area contributed by atoms with E-state index in [-0.39, 0.29) is 16.9 Å². The monoisotopic (exact) mass is 299 g/mol.